The van der Waals surface area contributed by atoms with E-state index < -0.39 is 0 Å². The molecular formula is C19H29N5. The molecule has 0 N–H and O–H groups in total. The fraction of sp³-hybridized carbons (Fsp3) is 0.579. The average Bonchev–Trinajstić information content (AvgIpc) is 3.04. The van der Waals surface area contributed by atoms with E-state index in [-0.39, 0.29) is 0 Å². The highest BCUT2D eigenvalue weighted by Crippen LogP contribution is 2.24. The molecule has 0 bridgehead atoms. The van der Waals surface area contributed by atoms with Crippen molar-refractivity contribution in [1.29, 1.82) is 0 Å². The molecule has 5 nitrogen and oxygen atoms in total. The third-order valence-electron chi connectivity index (χ3n) is 4.96. The lowest BCUT2D eigenvalue weighted by Gasteiger charge is -2.34. The van der Waals surface area contributed by atoms with Gasteiger partial charge in [0.25, 0.3) is 0 Å². The van der Waals surface area contributed by atoms with Gasteiger partial charge in [0.15, 0.2) is 0 Å². The van der Waals surface area contributed by atoms with Gasteiger partial charge in [-0.2, -0.15) is 5.10 Å². The molecule has 3 rings (SSSR count). The second-order valence-electron chi connectivity index (χ2n) is 6.68. The van der Waals surface area contributed by atoms with Crippen LogP contribution in [0.5, 0.6) is 0 Å². The molecule has 0 saturated heterocycles. The lowest BCUT2D eigenvalue weighted by molar-refractivity contribution is 0.148. The van der Waals surface area contributed by atoms with Gasteiger partial charge in [-0.3, -0.25) is 14.6 Å². The average molecular weight is 327 g/mol. The molecular weight excluding hydrogens is 298 g/mol. The maximum Gasteiger partial charge on any atom is 0.0662 e. The summed E-state index contributed by atoms with van der Waals surface area (Å²) in [4.78, 5) is 9.66. The van der Waals surface area contributed by atoms with Gasteiger partial charge in [-0.05, 0) is 44.6 Å². The second-order valence-corrected chi connectivity index (χ2v) is 6.68. The summed E-state index contributed by atoms with van der Waals surface area (Å²) in [5, 5.41) is 4.58. The predicted octanol–water partition coefficient (Wildman–Crippen LogP) is 2.88. The number of nitrogens with zero attached hydrogens (tertiary/aromatic N) is 5. The first-order chi connectivity index (χ1) is 11.7. The van der Waals surface area contributed by atoms with Crippen LogP contribution in [0, 0.1) is 6.92 Å². The summed E-state index contributed by atoms with van der Waals surface area (Å²) < 4.78 is 2.24. The molecule has 1 aliphatic rings. The largest absolute Gasteiger partial charge is 0.304 e. The molecule has 2 aromatic heterocycles. The zero-order chi connectivity index (χ0) is 16.9. The maximum absolute atomic E-state index is 4.66. The van der Waals surface area contributed by atoms with Gasteiger partial charge in [0.05, 0.1) is 17.4 Å². The Morgan fingerprint density at radius 1 is 1.21 bits per heavy atom. The minimum atomic E-state index is 0.453. The van der Waals surface area contributed by atoms with Gasteiger partial charge < -0.3 is 4.90 Å². The van der Waals surface area contributed by atoms with Crippen molar-refractivity contribution in [3.63, 3.8) is 0 Å². The number of hydrogen-bond acceptors (Lipinski definition) is 4. The van der Waals surface area contributed by atoms with E-state index in [0.717, 1.165) is 57.1 Å². The molecule has 0 saturated carbocycles. The number of aromatic nitrogens is 3. The van der Waals surface area contributed by atoms with E-state index >= 15 is 0 Å². The molecule has 0 spiro atoms. The summed E-state index contributed by atoms with van der Waals surface area (Å²) in [5.41, 5.74) is 3.57. The fourth-order valence-electron chi connectivity index (χ4n) is 3.59. The van der Waals surface area contributed by atoms with Crippen molar-refractivity contribution < 1.29 is 0 Å². The number of fused-ring (bicyclic) bond motifs is 1. The first-order valence-electron chi connectivity index (χ1n) is 9.09. The van der Waals surface area contributed by atoms with Crippen LogP contribution in [0.3, 0.4) is 0 Å². The molecule has 130 valence electrons. The van der Waals surface area contributed by atoms with Crippen LogP contribution >= 0.6 is 0 Å². The summed E-state index contributed by atoms with van der Waals surface area (Å²) in [6, 6.07) is 8.89. The Bertz CT molecular complexity index is 647. The highest BCUT2D eigenvalue weighted by atomic mass is 15.4. The van der Waals surface area contributed by atoms with Crippen molar-refractivity contribution in [3.05, 3.63) is 47.5 Å². The number of rotatable bonds is 7. The fourth-order valence-corrected chi connectivity index (χ4v) is 3.59. The van der Waals surface area contributed by atoms with Crippen molar-refractivity contribution in [2.24, 2.45) is 0 Å². The van der Waals surface area contributed by atoms with Crippen LogP contribution in [-0.2, 0) is 13.1 Å². The van der Waals surface area contributed by atoms with Gasteiger partial charge in [0.1, 0.15) is 0 Å². The molecule has 1 aliphatic heterocycles. The van der Waals surface area contributed by atoms with Crippen LogP contribution in [0.15, 0.2) is 30.5 Å². The second kappa shape index (κ2) is 7.90. The van der Waals surface area contributed by atoms with E-state index in [0.29, 0.717) is 6.04 Å². The van der Waals surface area contributed by atoms with Crippen molar-refractivity contribution in [2.75, 3.05) is 26.2 Å². The minimum Gasteiger partial charge on any atom is -0.304 e. The van der Waals surface area contributed by atoms with Crippen molar-refractivity contribution in [2.45, 2.75) is 46.3 Å². The molecule has 24 heavy (non-hydrogen) atoms. The van der Waals surface area contributed by atoms with Crippen molar-refractivity contribution in [3.8, 4) is 0 Å². The Morgan fingerprint density at radius 2 is 2.04 bits per heavy atom. The lowest BCUT2D eigenvalue weighted by Crippen LogP contribution is -2.39. The van der Waals surface area contributed by atoms with Gasteiger partial charge in [0, 0.05) is 38.1 Å². The van der Waals surface area contributed by atoms with Gasteiger partial charge in [-0.15, -0.1) is 0 Å². The standard InChI is InChI=1S/C19H29N5/c1-4-22(5-2)12-10-19-15-23(14-18-9-11-20-24(18)19)13-17-8-6-7-16(3)21-17/h6-9,11,19H,4-5,10,12-15H2,1-3H3/t19-/m0/s1. The van der Waals surface area contributed by atoms with Crippen LogP contribution in [-0.4, -0.2) is 50.7 Å². The molecule has 2 aromatic rings. The lowest BCUT2D eigenvalue weighted by atomic mass is 10.1. The van der Waals surface area contributed by atoms with Gasteiger partial charge >= 0.3 is 0 Å². The summed E-state index contributed by atoms with van der Waals surface area (Å²) in [6.07, 6.45) is 3.09. The molecule has 0 fully saturated rings. The van der Waals surface area contributed by atoms with E-state index in [9.17, 15) is 0 Å². The third kappa shape index (κ3) is 4.02. The Hall–Kier alpha value is -1.72. The third-order valence-corrected chi connectivity index (χ3v) is 4.96. The molecule has 0 amide bonds. The summed E-state index contributed by atoms with van der Waals surface area (Å²) in [5.74, 6) is 0. The van der Waals surface area contributed by atoms with Gasteiger partial charge in [0.2, 0.25) is 0 Å². The van der Waals surface area contributed by atoms with Crippen LogP contribution in [0.4, 0.5) is 0 Å². The van der Waals surface area contributed by atoms with E-state index in [2.05, 4.69) is 69.6 Å². The molecule has 1 atom stereocenters. The first kappa shape index (κ1) is 17.1. The highest BCUT2D eigenvalue weighted by Gasteiger charge is 2.25. The zero-order valence-corrected chi connectivity index (χ0v) is 15.1. The van der Waals surface area contributed by atoms with Crippen LogP contribution in [0.25, 0.3) is 0 Å². The normalized spacial score (nSPS) is 18.1. The van der Waals surface area contributed by atoms with Crippen LogP contribution in [0.1, 0.15) is 43.4 Å². The summed E-state index contributed by atoms with van der Waals surface area (Å²) in [6.45, 7) is 12.8. The van der Waals surface area contributed by atoms with E-state index in [4.69, 9.17) is 0 Å². The molecule has 0 unspecified atom stereocenters. The zero-order valence-electron chi connectivity index (χ0n) is 15.1. The minimum absolute atomic E-state index is 0.453. The predicted molar refractivity (Wildman–Crippen MR) is 96.8 cm³/mol. The van der Waals surface area contributed by atoms with Crippen LogP contribution < -0.4 is 0 Å². The van der Waals surface area contributed by atoms with Crippen molar-refractivity contribution in [1.82, 2.24) is 24.6 Å². The molecule has 5 heteroatoms. The molecule has 3 heterocycles. The van der Waals surface area contributed by atoms with Gasteiger partial charge in [-0.25, -0.2) is 0 Å². The Morgan fingerprint density at radius 3 is 2.79 bits per heavy atom. The SMILES string of the molecule is CCN(CC)CC[C@H]1CN(Cc2cccc(C)n2)Cc2ccnn21. The highest BCUT2D eigenvalue weighted by molar-refractivity contribution is 5.11. The first-order valence-corrected chi connectivity index (χ1v) is 9.09. The monoisotopic (exact) mass is 327 g/mol. The van der Waals surface area contributed by atoms with E-state index in [1.807, 2.05) is 6.20 Å². The molecule has 0 aromatic carbocycles. The smallest absolute Gasteiger partial charge is 0.0662 e. The maximum atomic E-state index is 4.66. The Balaban J connectivity index is 1.68. The number of aryl methyl sites for hydroxylation is 1. The van der Waals surface area contributed by atoms with Crippen molar-refractivity contribution >= 4 is 0 Å². The topological polar surface area (TPSA) is 37.2 Å². The molecule has 0 aliphatic carbocycles. The summed E-state index contributed by atoms with van der Waals surface area (Å²) >= 11 is 0. The van der Waals surface area contributed by atoms with Crippen LogP contribution in [0.2, 0.25) is 0 Å². The van der Waals surface area contributed by atoms with E-state index in [1.165, 1.54) is 5.69 Å². The Labute approximate surface area is 145 Å². The number of pyridine rings is 1. The Kier molecular flexibility index (Phi) is 5.63. The summed E-state index contributed by atoms with van der Waals surface area (Å²) in [7, 11) is 0. The van der Waals surface area contributed by atoms with Gasteiger partial charge in [-0.1, -0.05) is 19.9 Å². The molecule has 0 radical (unpaired) electrons. The number of hydrogen-bond donors (Lipinski definition) is 0. The quantitative estimate of drug-likeness (QED) is 0.784. The van der Waals surface area contributed by atoms with E-state index in [1.54, 1.807) is 0 Å².